The predicted molar refractivity (Wildman–Crippen MR) is 98.3 cm³/mol. The molecule has 5 aliphatic heterocycles. The first-order valence-corrected chi connectivity index (χ1v) is 10.8. The van der Waals surface area contributed by atoms with Gasteiger partial charge in [0.2, 0.25) is 0 Å². The molecule has 9 nitrogen and oxygen atoms in total. The number of hydrogen-bond donors (Lipinski definition) is 1. The summed E-state index contributed by atoms with van der Waals surface area (Å²) in [5.41, 5.74) is 0.241. The van der Waals surface area contributed by atoms with E-state index in [4.69, 9.17) is 23.7 Å². The fraction of sp³-hybridized carbons (Fsp3) is 0.682. The van der Waals surface area contributed by atoms with Crippen molar-refractivity contribution in [1.29, 1.82) is 0 Å². The number of rotatable bonds is 1. The van der Waals surface area contributed by atoms with Crippen molar-refractivity contribution in [3.63, 3.8) is 0 Å². The summed E-state index contributed by atoms with van der Waals surface area (Å²) < 4.78 is 29.1. The molecule has 5 heterocycles. The first kappa shape index (κ1) is 18.5. The third-order valence-corrected chi connectivity index (χ3v) is 8.27. The zero-order valence-corrected chi connectivity index (χ0v) is 17.1. The second-order valence-corrected chi connectivity index (χ2v) is 9.67. The van der Waals surface area contributed by atoms with E-state index in [1.807, 2.05) is 13.8 Å². The number of hydrogen-bond acceptors (Lipinski definition) is 9. The molecule has 1 N–H and O–H groups in total. The Bertz CT molecular complexity index is 1030. The molecule has 4 fully saturated rings. The monoisotopic (exact) mass is 430 g/mol. The third-order valence-electron chi connectivity index (χ3n) is 8.27. The second kappa shape index (κ2) is 5.46. The molecule has 3 saturated heterocycles. The van der Waals surface area contributed by atoms with Gasteiger partial charge in [-0.3, -0.25) is 14.4 Å². The predicted octanol–water partition coefficient (Wildman–Crippen LogP) is -0.402. The van der Waals surface area contributed by atoms with E-state index in [1.165, 1.54) is 13.2 Å². The van der Waals surface area contributed by atoms with E-state index in [0.717, 1.165) is 0 Å². The summed E-state index contributed by atoms with van der Waals surface area (Å²) in [4.78, 5) is 39.0. The number of epoxide rings is 2. The normalized spacial score (nSPS) is 55.1. The first-order chi connectivity index (χ1) is 14.8. The lowest BCUT2D eigenvalue weighted by atomic mass is 9.45. The number of ketones is 2. The van der Waals surface area contributed by atoms with Crippen LogP contribution in [0.25, 0.3) is 0 Å². The Hall–Kier alpha value is -2.07. The Labute approximate surface area is 177 Å². The van der Waals surface area contributed by atoms with Crippen LogP contribution in [0.5, 0.6) is 0 Å². The second-order valence-electron chi connectivity index (χ2n) is 9.67. The molecule has 164 valence electrons. The Morgan fingerprint density at radius 3 is 2.58 bits per heavy atom. The summed E-state index contributed by atoms with van der Waals surface area (Å²) in [7, 11) is 0. The van der Waals surface area contributed by atoms with Gasteiger partial charge < -0.3 is 28.8 Å². The van der Waals surface area contributed by atoms with Crippen LogP contribution in [0.1, 0.15) is 20.8 Å². The summed E-state index contributed by atoms with van der Waals surface area (Å²) >= 11 is 0. The van der Waals surface area contributed by atoms with Gasteiger partial charge in [0.15, 0.2) is 17.7 Å². The smallest absolute Gasteiger partial charge is 0.303 e. The van der Waals surface area contributed by atoms with E-state index >= 15 is 0 Å². The number of aliphatic hydroxyl groups excluding tert-OH is 1. The van der Waals surface area contributed by atoms with Crippen molar-refractivity contribution in [3.8, 4) is 0 Å². The molecule has 12 atom stereocenters. The van der Waals surface area contributed by atoms with Gasteiger partial charge in [-0.1, -0.05) is 0 Å². The van der Waals surface area contributed by atoms with E-state index < -0.39 is 72.1 Å². The average molecular weight is 430 g/mol. The highest BCUT2D eigenvalue weighted by Gasteiger charge is 2.79. The van der Waals surface area contributed by atoms with Crippen molar-refractivity contribution in [1.82, 2.24) is 0 Å². The van der Waals surface area contributed by atoms with Crippen molar-refractivity contribution in [2.75, 3.05) is 0 Å². The number of Topliss-reactive ketones (excluding diaryl/α,β-unsaturated/α-hetero) is 2. The van der Waals surface area contributed by atoms with Crippen LogP contribution in [0.4, 0.5) is 0 Å². The molecule has 9 heteroatoms. The SMILES string of the molecule is CC(=O)O[C@H]1C2=CO[C@H](C)[C@H]3[C@H]4C5=C([C@@H](OC4C)[C@@]23C(=O)[C@@H]2O[C@@H]21)[C@H](O)[C@H]1O[C@H]1C5=O. The van der Waals surface area contributed by atoms with Gasteiger partial charge in [-0.15, -0.1) is 0 Å². The highest BCUT2D eigenvalue weighted by atomic mass is 16.6. The van der Waals surface area contributed by atoms with Crippen molar-refractivity contribution < 1.29 is 43.2 Å². The molecule has 3 aliphatic carbocycles. The minimum Gasteiger partial charge on any atom is -0.498 e. The van der Waals surface area contributed by atoms with Crippen LogP contribution >= 0.6 is 0 Å². The molecule has 1 saturated carbocycles. The molecule has 1 unspecified atom stereocenters. The van der Waals surface area contributed by atoms with Crippen molar-refractivity contribution in [2.45, 2.75) is 75.7 Å². The summed E-state index contributed by atoms with van der Waals surface area (Å²) in [5.74, 6) is -1.64. The Morgan fingerprint density at radius 2 is 1.84 bits per heavy atom. The highest BCUT2D eigenvalue weighted by molar-refractivity contribution is 6.06. The number of fused-ring (bicyclic) bond motifs is 3. The standard InChI is InChI=1S/C22H22O9/c1-5-9-10-11(14(25)17-16(30-17)13(10)24)21(28-5)22-8(4-27-6(2)12(9)22)15(29-7(3)23)18-19(31-18)20(22)26/h4-6,9,12,14-19,21,25H,1-3H3/t5?,6-,9-,12+,14+,15+,16+,17-,18-,19-,21-,22+/m1/s1. The molecule has 2 bridgehead atoms. The molecule has 0 amide bonds. The lowest BCUT2D eigenvalue weighted by molar-refractivity contribution is -0.211. The van der Waals surface area contributed by atoms with Crippen molar-refractivity contribution in [3.05, 3.63) is 23.0 Å². The topological polar surface area (TPSA) is 124 Å². The lowest BCUT2D eigenvalue weighted by Crippen LogP contribution is -2.72. The van der Waals surface area contributed by atoms with Gasteiger partial charge in [-0.2, -0.15) is 0 Å². The van der Waals surface area contributed by atoms with Crippen LogP contribution in [0, 0.1) is 17.3 Å². The minimum absolute atomic E-state index is 0.131. The Kier molecular flexibility index (Phi) is 3.26. The Morgan fingerprint density at radius 1 is 1.10 bits per heavy atom. The van der Waals surface area contributed by atoms with E-state index in [0.29, 0.717) is 16.7 Å². The van der Waals surface area contributed by atoms with Gasteiger partial charge in [-0.05, 0) is 19.4 Å². The molecule has 8 aliphatic rings. The van der Waals surface area contributed by atoms with Gasteiger partial charge >= 0.3 is 5.97 Å². The number of esters is 1. The fourth-order valence-electron chi connectivity index (χ4n) is 7.14. The van der Waals surface area contributed by atoms with Gasteiger partial charge in [0.25, 0.3) is 0 Å². The van der Waals surface area contributed by atoms with Crippen LogP contribution in [-0.2, 0) is 38.1 Å². The van der Waals surface area contributed by atoms with Crippen LogP contribution in [0.15, 0.2) is 23.0 Å². The fourth-order valence-corrected chi connectivity index (χ4v) is 7.14. The molecule has 0 aromatic rings. The van der Waals surface area contributed by atoms with Gasteiger partial charge in [0, 0.05) is 29.9 Å². The highest BCUT2D eigenvalue weighted by Crippen LogP contribution is 2.68. The minimum atomic E-state index is -1.23. The summed E-state index contributed by atoms with van der Waals surface area (Å²) in [6.07, 6.45) is -4.40. The van der Waals surface area contributed by atoms with Crippen LogP contribution in [-0.4, -0.2) is 77.6 Å². The van der Waals surface area contributed by atoms with E-state index in [2.05, 4.69) is 0 Å². The molecule has 8 rings (SSSR count). The quantitative estimate of drug-likeness (QED) is 0.437. The molecule has 1 spiro atoms. The zero-order chi connectivity index (χ0) is 21.6. The molecular formula is C22H22O9. The third kappa shape index (κ3) is 1.92. The Balaban J connectivity index is 1.48. The van der Waals surface area contributed by atoms with E-state index in [-0.39, 0.29) is 17.7 Å². The molecule has 31 heavy (non-hydrogen) atoms. The van der Waals surface area contributed by atoms with Gasteiger partial charge in [0.05, 0.1) is 30.0 Å². The zero-order valence-electron chi connectivity index (χ0n) is 17.1. The number of carbonyl (C=O) groups excluding carboxylic acids is 3. The van der Waals surface area contributed by atoms with Gasteiger partial charge in [0.1, 0.15) is 30.5 Å². The van der Waals surface area contributed by atoms with E-state index in [1.54, 1.807) is 0 Å². The van der Waals surface area contributed by atoms with Crippen molar-refractivity contribution in [2.24, 2.45) is 17.3 Å². The van der Waals surface area contributed by atoms with Crippen LogP contribution in [0.2, 0.25) is 0 Å². The summed E-state index contributed by atoms with van der Waals surface area (Å²) in [6.45, 7) is 5.07. The van der Waals surface area contributed by atoms with E-state index in [9.17, 15) is 19.5 Å². The van der Waals surface area contributed by atoms with Crippen molar-refractivity contribution >= 4 is 17.5 Å². The molecular weight excluding hydrogens is 408 g/mol. The maximum absolute atomic E-state index is 13.9. The van der Waals surface area contributed by atoms with Crippen LogP contribution < -0.4 is 0 Å². The largest absolute Gasteiger partial charge is 0.498 e. The summed E-state index contributed by atoms with van der Waals surface area (Å²) in [6, 6.07) is 0. The maximum Gasteiger partial charge on any atom is 0.303 e. The molecule has 0 radical (unpaired) electrons. The first-order valence-electron chi connectivity index (χ1n) is 10.8. The van der Waals surface area contributed by atoms with Crippen LogP contribution in [0.3, 0.4) is 0 Å². The number of ether oxygens (including phenoxy) is 5. The van der Waals surface area contributed by atoms with Gasteiger partial charge in [-0.25, -0.2) is 0 Å². The molecule has 0 aromatic carbocycles. The summed E-state index contributed by atoms with van der Waals surface area (Å²) in [5, 5.41) is 11.1. The number of carbonyl (C=O) groups is 3. The lowest BCUT2D eigenvalue weighted by Gasteiger charge is -2.63. The average Bonchev–Trinajstić information content (AvgIpc) is 3.62. The molecule has 0 aromatic heterocycles. The number of aliphatic hydroxyl groups is 1. The maximum atomic E-state index is 13.9.